The molecular weight excluding hydrogens is 274 g/mol. The van der Waals surface area contributed by atoms with E-state index in [-0.39, 0.29) is 0 Å². The highest BCUT2D eigenvalue weighted by Crippen LogP contribution is 2.27. The zero-order valence-corrected chi connectivity index (χ0v) is 8.89. The molecule has 0 atom stereocenters. The van der Waals surface area contributed by atoms with E-state index in [9.17, 15) is 19.2 Å². The van der Waals surface area contributed by atoms with Gasteiger partial charge in [0.2, 0.25) is 6.08 Å². The molecule has 0 spiro atoms. The summed E-state index contributed by atoms with van der Waals surface area (Å²) < 4.78 is 1.39. The molecule has 0 heterocycles. The predicted octanol–water partition coefficient (Wildman–Crippen LogP) is 1.07. The molecule has 0 aromatic heterocycles. The number of aliphatic imine (C=N–C) groups is 1. The van der Waals surface area contributed by atoms with Crippen LogP contribution in [0.15, 0.2) is 4.99 Å². The Morgan fingerprint density at radius 3 is 2.20 bits per heavy atom. The topological polar surface area (TPSA) is 102 Å². The zero-order valence-electron chi connectivity index (χ0n) is 6.62. The van der Waals surface area contributed by atoms with Crippen LogP contribution in [0.4, 0.5) is 9.59 Å². The van der Waals surface area contributed by atoms with Crippen molar-refractivity contribution in [2.75, 3.05) is 0 Å². The van der Waals surface area contributed by atoms with Crippen molar-refractivity contribution in [3.8, 4) is 0 Å². The molecule has 0 rings (SSSR count). The fourth-order valence-corrected chi connectivity index (χ4v) is 0.440. The number of carbonyl (C=O) groups is 3. The first kappa shape index (κ1) is 13.9. The summed E-state index contributed by atoms with van der Waals surface area (Å²) in [6.45, 7) is 0. The largest absolute Gasteiger partial charge is 0.423 e. The van der Waals surface area contributed by atoms with E-state index in [1.54, 1.807) is 0 Å². The molecule has 0 bridgehead atoms. The first-order chi connectivity index (χ1) is 6.77. The number of imide groups is 1. The van der Waals surface area contributed by atoms with Gasteiger partial charge in [-0.1, -0.05) is 34.8 Å². The Morgan fingerprint density at radius 1 is 1.27 bits per heavy atom. The Bertz CT molecular complexity index is 343. The molecule has 0 fully saturated rings. The van der Waals surface area contributed by atoms with Crippen LogP contribution in [0.2, 0.25) is 0 Å². The third-order valence-corrected chi connectivity index (χ3v) is 1.24. The molecule has 0 aromatic rings. The number of hydrogen-bond acceptors (Lipinski definition) is 5. The number of ether oxygens (including phenoxy) is 1. The molecule has 0 unspecified atom stereocenters. The second-order valence-electron chi connectivity index (χ2n) is 1.81. The molecule has 15 heavy (non-hydrogen) atoms. The number of amides is 3. The van der Waals surface area contributed by atoms with E-state index in [1.807, 2.05) is 0 Å². The number of esters is 1. The minimum absolute atomic E-state index is 0.848. The summed E-state index contributed by atoms with van der Waals surface area (Å²) in [5.74, 6) is -1.51. The summed E-state index contributed by atoms with van der Waals surface area (Å²) >= 11 is 15.1. The van der Waals surface area contributed by atoms with E-state index in [4.69, 9.17) is 34.8 Å². The Balaban J connectivity index is 4.23. The van der Waals surface area contributed by atoms with Crippen LogP contribution < -0.4 is 5.32 Å². The maximum absolute atomic E-state index is 10.7. The van der Waals surface area contributed by atoms with Gasteiger partial charge in [-0.05, 0) is 0 Å². The fourth-order valence-electron chi connectivity index (χ4n) is 0.324. The van der Waals surface area contributed by atoms with Crippen molar-refractivity contribution in [1.29, 1.82) is 0 Å². The summed E-state index contributed by atoms with van der Waals surface area (Å²) in [5.41, 5.74) is 0. The third-order valence-electron chi connectivity index (χ3n) is 0.773. The van der Waals surface area contributed by atoms with Crippen LogP contribution in [-0.2, 0) is 14.3 Å². The summed E-state index contributed by atoms with van der Waals surface area (Å²) in [6, 6.07) is -1.37. The molecule has 0 aliphatic heterocycles. The molecule has 0 aromatic carbocycles. The molecule has 0 aliphatic carbocycles. The van der Waals surface area contributed by atoms with Gasteiger partial charge in [0.05, 0.1) is 0 Å². The minimum atomic E-state index is -2.45. The molecular formula is C5HCl3N2O5. The van der Waals surface area contributed by atoms with Crippen LogP contribution >= 0.6 is 34.8 Å². The first-order valence-corrected chi connectivity index (χ1v) is 4.12. The maximum atomic E-state index is 10.7. The number of hydrogen-bond donors (Lipinski definition) is 1. The SMILES string of the molecule is O=C=NC(=O)NC(=O)OC(=O)C(Cl)(Cl)Cl. The number of isocyanates is 1. The lowest BCUT2D eigenvalue weighted by atomic mass is 10.8. The van der Waals surface area contributed by atoms with Crippen LogP contribution in [0.1, 0.15) is 0 Å². The van der Waals surface area contributed by atoms with Gasteiger partial charge in [-0.3, -0.25) is 0 Å². The van der Waals surface area contributed by atoms with E-state index >= 15 is 0 Å². The summed E-state index contributed by atoms with van der Waals surface area (Å²) in [6.07, 6.45) is -0.684. The molecule has 0 saturated heterocycles. The van der Waals surface area contributed by atoms with E-state index in [0.717, 1.165) is 6.08 Å². The second-order valence-corrected chi connectivity index (χ2v) is 4.09. The van der Waals surface area contributed by atoms with Gasteiger partial charge in [-0.2, -0.15) is 0 Å². The number of halogens is 3. The van der Waals surface area contributed by atoms with Gasteiger partial charge in [0.15, 0.2) is 0 Å². The van der Waals surface area contributed by atoms with Crippen molar-refractivity contribution >= 4 is 59.0 Å². The van der Waals surface area contributed by atoms with E-state index in [0.29, 0.717) is 0 Å². The summed E-state index contributed by atoms with van der Waals surface area (Å²) in [7, 11) is 0. The molecule has 1 N–H and O–H groups in total. The molecule has 7 nitrogen and oxygen atoms in total. The van der Waals surface area contributed by atoms with Gasteiger partial charge in [-0.25, -0.2) is 24.5 Å². The van der Waals surface area contributed by atoms with Gasteiger partial charge in [0, 0.05) is 0 Å². The van der Waals surface area contributed by atoms with Gasteiger partial charge in [0.1, 0.15) is 0 Å². The summed E-state index contributed by atoms with van der Waals surface area (Å²) in [4.78, 5) is 43.8. The smallest absolute Gasteiger partial charge is 0.373 e. The Hall–Kier alpha value is -1.14. The van der Waals surface area contributed by atoms with Crippen LogP contribution in [0.3, 0.4) is 0 Å². The molecule has 3 amide bonds. The van der Waals surface area contributed by atoms with Crippen molar-refractivity contribution in [3.63, 3.8) is 0 Å². The number of urea groups is 1. The normalized spacial score (nSPS) is 9.80. The number of nitrogens with one attached hydrogen (secondary N) is 1. The highest BCUT2D eigenvalue weighted by molar-refractivity contribution is 6.75. The van der Waals surface area contributed by atoms with Gasteiger partial charge >= 0.3 is 18.1 Å². The number of alkyl halides is 3. The highest BCUT2D eigenvalue weighted by atomic mass is 35.6. The zero-order chi connectivity index (χ0) is 12.1. The van der Waals surface area contributed by atoms with Crippen molar-refractivity contribution in [3.05, 3.63) is 0 Å². The number of nitrogens with zero attached hydrogens (tertiary/aromatic N) is 1. The third kappa shape index (κ3) is 6.03. The maximum Gasteiger partial charge on any atom is 0.423 e. The van der Waals surface area contributed by atoms with Crippen LogP contribution in [-0.4, -0.2) is 28.0 Å². The van der Waals surface area contributed by atoms with Crippen LogP contribution in [0, 0.1) is 0 Å². The van der Waals surface area contributed by atoms with E-state index in [2.05, 4.69) is 9.73 Å². The van der Waals surface area contributed by atoms with Gasteiger partial charge < -0.3 is 4.74 Å². The van der Waals surface area contributed by atoms with Crippen LogP contribution in [0.5, 0.6) is 0 Å². The van der Waals surface area contributed by atoms with Crippen molar-refractivity contribution in [1.82, 2.24) is 5.32 Å². The Kier molecular flexibility index (Phi) is 5.24. The van der Waals surface area contributed by atoms with Crippen molar-refractivity contribution < 1.29 is 23.9 Å². The first-order valence-electron chi connectivity index (χ1n) is 2.99. The Morgan fingerprint density at radius 2 is 1.80 bits per heavy atom. The predicted molar refractivity (Wildman–Crippen MR) is 48.4 cm³/mol. The van der Waals surface area contributed by atoms with Crippen molar-refractivity contribution in [2.45, 2.75) is 3.79 Å². The van der Waals surface area contributed by atoms with E-state index < -0.39 is 21.9 Å². The number of alkyl carbamates (subject to hydrolysis) is 1. The second kappa shape index (κ2) is 5.67. The average molecular weight is 275 g/mol. The summed E-state index contributed by atoms with van der Waals surface area (Å²) in [5, 5.41) is 1.36. The molecule has 0 aliphatic rings. The molecule has 0 radical (unpaired) electrons. The lowest BCUT2D eigenvalue weighted by molar-refractivity contribution is -0.136. The lowest BCUT2D eigenvalue weighted by Gasteiger charge is -2.07. The quantitative estimate of drug-likeness (QED) is 0.234. The number of carbonyl (C=O) groups excluding carboxylic acids is 4. The average Bonchev–Trinajstić information content (AvgIpc) is 2.01. The lowest BCUT2D eigenvalue weighted by Crippen LogP contribution is -2.34. The molecule has 0 saturated carbocycles. The van der Waals surface area contributed by atoms with Gasteiger partial charge in [0.25, 0.3) is 3.79 Å². The highest BCUT2D eigenvalue weighted by Gasteiger charge is 2.34. The minimum Gasteiger partial charge on any atom is -0.373 e. The van der Waals surface area contributed by atoms with Gasteiger partial charge in [-0.15, -0.1) is 4.99 Å². The Labute approximate surface area is 97.3 Å². The monoisotopic (exact) mass is 274 g/mol. The van der Waals surface area contributed by atoms with Crippen molar-refractivity contribution in [2.24, 2.45) is 4.99 Å². The van der Waals surface area contributed by atoms with E-state index in [1.165, 1.54) is 5.32 Å². The fraction of sp³-hybridized carbons (Fsp3) is 0.200. The standard InChI is InChI=1S/C5HCl3N2O5/c6-5(7,8)2(12)15-4(14)10-3(13)9-1-11/h(H,10,13,14). The molecule has 82 valence electrons. The molecule has 10 heteroatoms. The number of rotatable bonds is 0. The van der Waals surface area contributed by atoms with Crippen LogP contribution in [0.25, 0.3) is 0 Å².